The fraction of sp³-hybridized carbons (Fsp3) is 0.833. The van der Waals surface area contributed by atoms with E-state index < -0.39 is 16.9 Å². The van der Waals surface area contributed by atoms with Gasteiger partial charge in [0.2, 0.25) is 5.91 Å². The molecule has 0 spiro atoms. The first kappa shape index (κ1) is 14.0. The Morgan fingerprint density at radius 3 is 2.24 bits per heavy atom. The Kier molecular flexibility index (Phi) is 3.81. The molecule has 5 heteroatoms. The third-order valence-electron chi connectivity index (χ3n) is 3.89. The van der Waals surface area contributed by atoms with Crippen LogP contribution >= 0.6 is 0 Å². The molecule has 1 heterocycles. The van der Waals surface area contributed by atoms with Crippen molar-refractivity contribution in [1.82, 2.24) is 4.90 Å². The lowest BCUT2D eigenvalue weighted by Crippen LogP contribution is -2.56. The van der Waals surface area contributed by atoms with Gasteiger partial charge in [-0.25, -0.2) is 0 Å². The van der Waals surface area contributed by atoms with Crippen LogP contribution in [0, 0.1) is 5.41 Å². The van der Waals surface area contributed by atoms with Gasteiger partial charge in [0.1, 0.15) is 0 Å². The van der Waals surface area contributed by atoms with Crippen molar-refractivity contribution in [2.45, 2.75) is 45.6 Å². The van der Waals surface area contributed by atoms with Crippen LogP contribution < -0.4 is 5.73 Å². The van der Waals surface area contributed by atoms with Crippen LogP contribution in [-0.2, 0) is 9.59 Å². The highest BCUT2D eigenvalue weighted by molar-refractivity contribution is 5.86. The molecule has 0 aromatic carbocycles. The van der Waals surface area contributed by atoms with Crippen molar-refractivity contribution in [3.05, 3.63) is 0 Å². The lowest BCUT2D eigenvalue weighted by Gasteiger charge is -2.39. The number of nitrogens with two attached hydrogens (primary N) is 1. The number of hydrogen-bond acceptors (Lipinski definition) is 3. The zero-order valence-corrected chi connectivity index (χ0v) is 10.8. The second kappa shape index (κ2) is 4.64. The second-order valence-electron chi connectivity index (χ2n) is 5.43. The van der Waals surface area contributed by atoms with E-state index >= 15 is 0 Å². The molecule has 0 aromatic rings. The van der Waals surface area contributed by atoms with E-state index in [1.807, 2.05) is 6.92 Å². The molecule has 1 fully saturated rings. The molecule has 0 saturated carbocycles. The summed E-state index contributed by atoms with van der Waals surface area (Å²) in [5, 5.41) is 9.10. The first-order valence-corrected chi connectivity index (χ1v) is 6.04. The van der Waals surface area contributed by atoms with Gasteiger partial charge in [-0.05, 0) is 33.1 Å². The number of piperidine rings is 1. The van der Waals surface area contributed by atoms with Crippen LogP contribution in [0.2, 0.25) is 0 Å². The highest BCUT2D eigenvalue weighted by atomic mass is 16.4. The van der Waals surface area contributed by atoms with E-state index in [0.29, 0.717) is 32.4 Å². The van der Waals surface area contributed by atoms with Crippen molar-refractivity contribution >= 4 is 11.9 Å². The van der Waals surface area contributed by atoms with E-state index in [9.17, 15) is 9.59 Å². The van der Waals surface area contributed by atoms with Gasteiger partial charge < -0.3 is 15.7 Å². The molecule has 1 saturated heterocycles. The summed E-state index contributed by atoms with van der Waals surface area (Å²) in [7, 11) is 0. The molecule has 0 aliphatic carbocycles. The Balaban J connectivity index is 2.65. The average Bonchev–Trinajstić information content (AvgIpc) is 2.29. The molecule has 1 amide bonds. The fourth-order valence-corrected chi connectivity index (χ4v) is 1.93. The number of carboxylic acid groups (broad SMARTS) is 1. The Labute approximate surface area is 102 Å². The van der Waals surface area contributed by atoms with Crippen molar-refractivity contribution in [2.75, 3.05) is 13.1 Å². The monoisotopic (exact) mass is 242 g/mol. The molecule has 98 valence electrons. The van der Waals surface area contributed by atoms with Gasteiger partial charge in [0, 0.05) is 13.1 Å². The summed E-state index contributed by atoms with van der Waals surface area (Å²) < 4.78 is 0. The van der Waals surface area contributed by atoms with Gasteiger partial charge in [-0.15, -0.1) is 0 Å². The summed E-state index contributed by atoms with van der Waals surface area (Å²) in [6, 6.07) is 0. The molecular formula is C12H22N2O3. The van der Waals surface area contributed by atoms with Gasteiger partial charge in [0.15, 0.2) is 0 Å². The van der Waals surface area contributed by atoms with Crippen molar-refractivity contribution < 1.29 is 14.7 Å². The normalized spacial score (nSPS) is 22.9. The quantitative estimate of drug-likeness (QED) is 0.767. The molecule has 1 aliphatic heterocycles. The van der Waals surface area contributed by atoms with Gasteiger partial charge in [0.05, 0.1) is 11.0 Å². The number of carbonyl (C=O) groups is 2. The fourth-order valence-electron chi connectivity index (χ4n) is 1.93. The SMILES string of the molecule is CCC(C)(N)C(=O)N1CCC(C)(C(=O)O)CC1. The third kappa shape index (κ3) is 2.77. The minimum absolute atomic E-state index is 0.0764. The topological polar surface area (TPSA) is 83.6 Å². The highest BCUT2D eigenvalue weighted by Gasteiger charge is 2.40. The lowest BCUT2D eigenvalue weighted by atomic mass is 9.80. The summed E-state index contributed by atoms with van der Waals surface area (Å²) in [6.07, 6.45) is 1.57. The van der Waals surface area contributed by atoms with Gasteiger partial charge in [-0.1, -0.05) is 6.92 Å². The maximum Gasteiger partial charge on any atom is 0.309 e. The minimum atomic E-state index is -0.836. The molecule has 1 rings (SSSR count). The van der Waals surface area contributed by atoms with Crippen molar-refractivity contribution in [3.8, 4) is 0 Å². The van der Waals surface area contributed by atoms with Crippen molar-refractivity contribution in [1.29, 1.82) is 0 Å². The van der Waals surface area contributed by atoms with Crippen LogP contribution in [0.25, 0.3) is 0 Å². The molecule has 1 aliphatic rings. The van der Waals surface area contributed by atoms with Gasteiger partial charge >= 0.3 is 5.97 Å². The number of carbonyl (C=O) groups excluding carboxylic acids is 1. The number of carboxylic acids is 1. The van der Waals surface area contributed by atoms with E-state index in [2.05, 4.69) is 0 Å². The minimum Gasteiger partial charge on any atom is -0.481 e. The molecule has 1 unspecified atom stereocenters. The van der Waals surface area contributed by atoms with E-state index in [0.717, 1.165) is 0 Å². The number of aliphatic carboxylic acids is 1. The van der Waals surface area contributed by atoms with Gasteiger partial charge in [-0.2, -0.15) is 0 Å². The summed E-state index contributed by atoms with van der Waals surface area (Å²) >= 11 is 0. The number of nitrogens with zero attached hydrogens (tertiary/aromatic N) is 1. The number of hydrogen-bond donors (Lipinski definition) is 2. The van der Waals surface area contributed by atoms with E-state index in [1.54, 1.807) is 18.7 Å². The lowest BCUT2D eigenvalue weighted by molar-refractivity contribution is -0.154. The predicted molar refractivity (Wildman–Crippen MR) is 64.4 cm³/mol. The standard InChI is InChI=1S/C12H22N2O3/c1-4-12(3,13)9(15)14-7-5-11(2,6-8-14)10(16)17/h4-8,13H2,1-3H3,(H,16,17). The first-order chi connectivity index (χ1) is 7.73. The smallest absolute Gasteiger partial charge is 0.309 e. The van der Waals surface area contributed by atoms with Crippen LogP contribution in [0.3, 0.4) is 0 Å². The largest absolute Gasteiger partial charge is 0.481 e. The van der Waals surface area contributed by atoms with Crippen LogP contribution in [0.15, 0.2) is 0 Å². The third-order valence-corrected chi connectivity index (χ3v) is 3.89. The van der Waals surface area contributed by atoms with Crippen molar-refractivity contribution in [2.24, 2.45) is 11.1 Å². The molecule has 5 nitrogen and oxygen atoms in total. The Hall–Kier alpha value is -1.10. The Bertz CT molecular complexity index is 318. The van der Waals surface area contributed by atoms with Crippen LogP contribution in [0.4, 0.5) is 0 Å². The first-order valence-electron chi connectivity index (χ1n) is 6.04. The summed E-state index contributed by atoms with van der Waals surface area (Å²) in [4.78, 5) is 24.9. The van der Waals surface area contributed by atoms with Crippen LogP contribution in [0.5, 0.6) is 0 Å². The van der Waals surface area contributed by atoms with E-state index in [1.165, 1.54) is 0 Å². The van der Waals surface area contributed by atoms with Gasteiger partial charge in [0.25, 0.3) is 0 Å². The summed E-state index contributed by atoms with van der Waals surface area (Å²) in [5.41, 5.74) is 4.37. The van der Waals surface area contributed by atoms with Crippen molar-refractivity contribution in [3.63, 3.8) is 0 Å². The molecule has 17 heavy (non-hydrogen) atoms. The van der Waals surface area contributed by atoms with E-state index in [-0.39, 0.29) is 5.91 Å². The van der Waals surface area contributed by atoms with E-state index in [4.69, 9.17) is 10.8 Å². The zero-order valence-electron chi connectivity index (χ0n) is 10.8. The molecule has 0 aromatic heterocycles. The highest BCUT2D eigenvalue weighted by Crippen LogP contribution is 2.31. The maximum absolute atomic E-state index is 12.1. The number of likely N-dealkylation sites (tertiary alicyclic amines) is 1. The maximum atomic E-state index is 12.1. The Morgan fingerprint density at radius 1 is 1.41 bits per heavy atom. The van der Waals surface area contributed by atoms with Crippen LogP contribution in [0.1, 0.15) is 40.0 Å². The molecule has 1 atom stereocenters. The second-order valence-corrected chi connectivity index (χ2v) is 5.43. The molecule has 3 N–H and O–H groups in total. The summed E-state index contributed by atoms with van der Waals surface area (Å²) in [5.74, 6) is -0.858. The van der Waals surface area contributed by atoms with Crippen LogP contribution in [-0.4, -0.2) is 40.5 Å². The molecular weight excluding hydrogens is 220 g/mol. The molecule has 0 bridgehead atoms. The number of rotatable bonds is 3. The predicted octanol–water partition coefficient (Wildman–Crippen LogP) is 0.827. The number of amides is 1. The average molecular weight is 242 g/mol. The molecule has 0 radical (unpaired) electrons. The zero-order chi connectivity index (χ0) is 13.3. The Morgan fingerprint density at radius 2 is 1.88 bits per heavy atom. The van der Waals surface area contributed by atoms with Gasteiger partial charge in [-0.3, -0.25) is 9.59 Å². The summed E-state index contributed by atoms with van der Waals surface area (Å²) in [6.45, 7) is 6.30.